The lowest BCUT2D eigenvalue weighted by Gasteiger charge is -2.25. The molecule has 0 aliphatic rings. The highest BCUT2D eigenvalue weighted by Gasteiger charge is 2.27. The summed E-state index contributed by atoms with van der Waals surface area (Å²) in [5.41, 5.74) is 4.69. The first-order valence-corrected chi connectivity index (χ1v) is 15.4. The van der Waals surface area contributed by atoms with E-state index < -0.39 is 22.3 Å². The van der Waals surface area contributed by atoms with E-state index >= 15 is 0 Å². The molecule has 216 valence electrons. The largest absolute Gasteiger partial charge is 0.374 e. The molecule has 0 bridgehead atoms. The summed E-state index contributed by atoms with van der Waals surface area (Å²) in [5.74, 6) is 0. The summed E-state index contributed by atoms with van der Waals surface area (Å²) in [5, 5.41) is 0. The summed E-state index contributed by atoms with van der Waals surface area (Å²) in [4.78, 5) is 11.1. The van der Waals surface area contributed by atoms with Crippen LogP contribution in [0, 0.1) is 0 Å². The molecule has 4 aromatic rings. The van der Waals surface area contributed by atoms with E-state index in [1.54, 1.807) is 0 Å². The van der Waals surface area contributed by atoms with Crippen LogP contribution in [0.4, 0.5) is 0 Å². The molecule has 4 rings (SSSR count). The number of hydrogen-bond acceptors (Lipinski definition) is 6. The molecule has 0 saturated carbocycles. The van der Waals surface area contributed by atoms with Crippen molar-refractivity contribution in [1.29, 1.82) is 0 Å². The molecule has 0 N–H and O–H groups in total. The van der Waals surface area contributed by atoms with Gasteiger partial charge < -0.3 is 14.3 Å². The van der Waals surface area contributed by atoms with Crippen LogP contribution in [-0.2, 0) is 54.6 Å². The molecule has 0 radical (unpaired) electrons. The van der Waals surface area contributed by atoms with Crippen LogP contribution in [0.3, 0.4) is 0 Å². The van der Waals surface area contributed by atoms with Crippen molar-refractivity contribution >= 4 is 16.4 Å². The third-order valence-corrected chi connectivity index (χ3v) is 6.73. The zero-order valence-corrected chi connectivity index (χ0v) is 24.2. The molecule has 0 aliphatic heterocycles. The minimum Gasteiger partial charge on any atom is -0.374 e. The average molecular weight is 575 g/mol. The Balaban J connectivity index is 0.000000275. The molecule has 0 amide bonds. The zero-order valence-electron chi connectivity index (χ0n) is 23.4. The standard InChI is InChI=1S/C20H24O6S.C14H14/c1-27(22,23)26-20(16-24-14-17-8-4-2-5-9-17)19(12-13-21)25-15-18-10-6-3-7-11-18;1-3-7-13(8-4-1)11-12-14-9-5-2-6-10-14/h2-11,13,19-20H,12,14-16H2,1H3;1-10H,11-12H2/t19-,20-;/m0./s1. The SMILES string of the molecule is CS(=O)(=O)O[C@@H](COCc1ccccc1)[C@H](CC=O)OCc1ccccc1.c1ccc(CCc2ccccc2)cc1. The van der Waals surface area contributed by atoms with Crippen LogP contribution in [0.15, 0.2) is 121 Å². The summed E-state index contributed by atoms with van der Waals surface area (Å²) < 4.78 is 39.8. The third-order valence-electron chi connectivity index (χ3n) is 6.13. The van der Waals surface area contributed by atoms with Crippen molar-refractivity contribution in [2.24, 2.45) is 0 Å². The first-order chi connectivity index (χ1) is 19.9. The van der Waals surface area contributed by atoms with Crippen LogP contribution in [0.2, 0.25) is 0 Å². The van der Waals surface area contributed by atoms with Gasteiger partial charge in [0.1, 0.15) is 12.4 Å². The van der Waals surface area contributed by atoms with Crippen molar-refractivity contribution in [3.05, 3.63) is 144 Å². The Labute approximate surface area is 244 Å². The smallest absolute Gasteiger partial charge is 0.264 e. The number of aryl methyl sites for hydroxylation is 2. The zero-order chi connectivity index (χ0) is 29.2. The lowest BCUT2D eigenvalue weighted by Crippen LogP contribution is -2.37. The summed E-state index contributed by atoms with van der Waals surface area (Å²) in [6.07, 6.45) is 2.25. The van der Waals surface area contributed by atoms with Gasteiger partial charge in [0.05, 0.1) is 32.2 Å². The molecule has 0 heterocycles. The lowest BCUT2D eigenvalue weighted by atomic mass is 10.0. The molecule has 0 fully saturated rings. The monoisotopic (exact) mass is 574 g/mol. The molecule has 4 aromatic carbocycles. The number of aldehydes is 1. The van der Waals surface area contributed by atoms with Crippen molar-refractivity contribution in [2.75, 3.05) is 12.9 Å². The first kappa shape index (κ1) is 31.9. The molecule has 0 aromatic heterocycles. The molecule has 2 atom stereocenters. The van der Waals surface area contributed by atoms with Gasteiger partial charge in [-0.3, -0.25) is 4.18 Å². The van der Waals surface area contributed by atoms with Crippen LogP contribution in [0.25, 0.3) is 0 Å². The quantitative estimate of drug-likeness (QED) is 0.124. The van der Waals surface area contributed by atoms with E-state index in [1.165, 1.54) is 11.1 Å². The van der Waals surface area contributed by atoms with Crippen LogP contribution in [0.5, 0.6) is 0 Å². The highest BCUT2D eigenvalue weighted by molar-refractivity contribution is 7.86. The second-order valence-corrected chi connectivity index (χ2v) is 11.1. The van der Waals surface area contributed by atoms with Crippen molar-refractivity contribution in [2.45, 2.75) is 44.7 Å². The van der Waals surface area contributed by atoms with Crippen LogP contribution in [-0.4, -0.2) is 39.8 Å². The van der Waals surface area contributed by atoms with Crippen molar-refractivity contribution < 1.29 is 26.9 Å². The van der Waals surface area contributed by atoms with Gasteiger partial charge >= 0.3 is 0 Å². The fourth-order valence-electron chi connectivity index (χ4n) is 4.07. The van der Waals surface area contributed by atoms with Gasteiger partial charge in [-0.25, -0.2) is 0 Å². The first-order valence-electron chi connectivity index (χ1n) is 13.6. The third kappa shape index (κ3) is 13.5. The van der Waals surface area contributed by atoms with Gasteiger partial charge in [0.2, 0.25) is 0 Å². The maximum Gasteiger partial charge on any atom is 0.264 e. The second-order valence-electron chi connectivity index (χ2n) is 9.55. The van der Waals surface area contributed by atoms with Crippen LogP contribution >= 0.6 is 0 Å². The topological polar surface area (TPSA) is 78.9 Å². The summed E-state index contributed by atoms with van der Waals surface area (Å²) in [6, 6.07) is 40.1. The molecule has 0 aliphatic carbocycles. The fourth-order valence-corrected chi connectivity index (χ4v) is 4.69. The second kappa shape index (κ2) is 17.9. The van der Waals surface area contributed by atoms with E-state index in [4.69, 9.17) is 13.7 Å². The molecule has 0 saturated heterocycles. The predicted molar refractivity (Wildman–Crippen MR) is 162 cm³/mol. The molecule has 0 spiro atoms. The summed E-state index contributed by atoms with van der Waals surface area (Å²) in [6.45, 7) is 0.522. The highest BCUT2D eigenvalue weighted by atomic mass is 32.2. The van der Waals surface area contributed by atoms with Crippen LogP contribution in [0.1, 0.15) is 28.7 Å². The minimum atomic E-state index is -3.74. The normalized spacial score (nSPS) is 12.5. The highest BCUT2D eigenvalue weighted by Crippen LogP contribution is 2.15. The maximum absolute atomic E-state index is 11.6. The Morgan fingerprint density at radius 1 is 0.610 bits per heavy atom. The fraction of sp³-hybridized carbons (Fsp3) is 0.265. The molecular formula is C34H38O6S. The van der Waals surface area contributed by atoms with E-state index in [0.717, 1.165) is 30.2 Å². The minimum absolute atomic E-state index is 0.00170. The Morgan fingerprint density at radius 3 is 1.44 bits per heavy atom. The van der Waals surface area contributed by atoms with Gasteiger partial charge in [-0.2, -0.15) is 8.42 Å². The van der Waals surface area contributed by atoms with Crippen LogP contribution < -0.4 is 0 Å². The predicted octanol–water partition coefficient (Wildman–Crippen LogP) is 6.19. The Bertz CT molecular complexity index is 1310. The number of carbonyl (C=O) groups is 1. The van der Waals surface area contributed by atoms with Crippen molar-refractivity contribution in [3.63, 3.8) is 0 Å². The molecule has 6 nitrogen and oxygen atoms in total. The summed E-state index contributed by atoms with van der Waals surface area (Å²) >= 11 is 0. The average Bonchev–Trinajstić information content (AvgIpc) is 3.00. The number of benzene rings is 4. The molecule has 41 heavy (non-hydrogen) atoms. The van der Waals surface area contributed by atoms with Gasteiger partial charge in [0.25, 0.3) is 10.1 Å². The maximum atomic E-state index is 11.6. The van der Waals surface area contributed by atoms with Gasteiger partial charge in [0, 0.05) is 6.42 Å². The van der Waals surface area contributed by atoms with E-state index in [9.17, 15) is 13.2 Å². The van der Waals surface area contributed by atoms with Gasteiger partial charge in [-0.15, -0.1) is 0 Å². The van der Waals surface area contributed by atoms with E-state index in [1.807, 2.05) is 60.7 Å². The molecular weight excluding hydrogens is 536 g/mol. The van der Waals surface area contributed by atoms with E-state index in [-0.39, 0.29) is 19.6 Å². The van der Waals surface area contributed by atoms with Crippen molar-refractivity contribution in [3.8, 4) is 0 Å². The van der Waals surface area contributed by atoms with E-state index in [0.29, 0.717) is 12.9 Å². The number of carbonyl (C=O) groups excluding carboxylic acids is 1. The summed E-state index contributed by atoms with van der Waals surface area (Å²) in [7, 11) is -3.74. The molecule has 0 unspecified atom stereocenters. The van der Waals surface area contributed by atoms with Gasteiger partial charge in [0.15, 0.2) is 0 Å². The number of ether oxygens (including phenoxy) is 2. The Hall–Kier alpha value is -3.62. The Morgan fingerprint density at radius 2 is 1.02 bits per heavy atom. The van der Waals surface area contributed by atoms with Gasteiger partial charge in [-0.1, -0.05) is 121 Å². The molecule has 7 heteroatoms. The van der Waals surface area contributed by atoms with Gasteiger partial charge in [-0.05, 0) is 35.1 Å². The van der Waals surface area contributed by atoms with Crippen molar-refractivity contribution in [1.82, 2.24) is 0 Å². The van der Waals surface area contributed by atoms with E-state index in [2.05, 4.69) is 60.7 Å². The number of rotatable bonds is 15. The number of hydrogen-bond donors (Lipinski definition) is 0. The Kier molecular flexibility index (Phi) is 14.0. The lowest BCUT2D eigenvalue weighted by molar-refractivity contribution is -0.115.